The van der Waals surface area contributed by atoms with Crippen LogP contribution in [0, 0.1) is 0 Å². The predicted molar refractivity (Wildman–Crippen MR) is 105 cm³/mol. The summed E-state index contributed by atoms with van der Waals surface area (Å²) in [5.41, 5.74) is 2.96. The number of imidazole rings is 1. The van der Waals surface area contributed by atoms with Crippen LogP contribution < -0.4 is 0 Å². The Labute approximate surface area is 161 Å². The van der Waals surface area contributed by atoms with E-state index in [4.69, 9.17) is 5.11 Å². The average Bonchev–Trinajstić information content (AvgIpc) is 3.17. The van der Waals surface area contributed by atoms with Gasteiger partial charge in [0.15, 0.2) is 0 Å². The Morgan fingerprint density at radius 2 is 1.85 bits per heavy atom. The van der Waals surface area contributed by atoms with Crippen molar-refractivity contribution in [3.8, 4) is 0 Å². The van der Waals surface area contributed by atoms with E-state index in [-0.39, 0.29) is 0 Å². The van der Waals surface area contributed by atoms with E-state index in [1.54, 1.807) is 12.1 Å². The Balaban J connectivity index is 1.42. The Bertz CT molecular complexity index is 762. The van der Waals surface area contributed by atoms with Crippen molar-refractivity contribution in [2.45, 2.75) is 63.5 Å². The minimum Gasteiger partial charge on any atom is -0.478 e. The molecular formula is C22H29N3O2. The zero-order valence-corrected chi connectivity index (χ0v) is 15.9. The fourth-order valence-corrected chi connectivity index (χ4v) is 4.74. The highest BCUT2D eigenvalue weighted by molar-refractivity contribution is 5.87. The average molecular weight is 367 g/mol. The van der Waals surface area contributed by atoms with Crippen molar-refractivity contribution >= 4 is 5.97 Å². The second-order valence-corrected chi connectivity index (χ2v) is 8.09. The van der Waals surface area contributed by atoms with Crippen molar-refractivity contribution in [1.82, 2.24) is 14.5 Å². The molecular weight excluding hydrogens is 338 g/mol. The SMILES string of the molecule is O=C(O)c1ccc(C2CCCN(Cc3cncn3C3CCCCC3)C2)cc1. The van der Waals surface area contributed by atoms with Gasteiger partial charge in [0, 0.05) is 25.3 Å². The van der Waals surface area contributed by atoms with Gasteiger partial charge >= 0.3 is 5.97 Å². The number of benzene rings is 1. The molecule has 0 spiro atoms. The molecule has 5 nitrogen and oxygen atoms in total. The van der Waals surface area contributed by atoms with Gasteiger partial charge in [-0.1, -0.05) is 31.4 Å². The molecule has 0 radical (unpaired) electrons. The summed E-state index contributed by atoms with van der Waals surface area (Å²) in [6.45, 7) is 3.11. The lowest BCUT2D eigenvalue weighted by molar-refractivity contribution is 0.0697. The van der Waals surface area contributed by atoms with Crippen LogP contribution in [0.2, 0.25) is 0 Å². The maximum absolute atomic E-state index is 11.1. The van der Waals surface area contributed by atoms with E-state index >= 15 is 0 Å². The van der Waals surface area contributed by atoms with E-state index in [2.05, 4.69) is 14.5 Å². The van der Waals surface area contributed by atoms with Gasteiger partial charge in [0.2, 0.25) is 0 Å². The molecule has 0 amide bonds. The first kappa shape index (κ1) is 18.2. The number of carbonyl (C=O) groups is 1. The molecule has 1 aromatic carbocycles. The van der Waals surface area contributed by atoms with Crippen LogP contribution in [-0.4, -0.2) is 38.6 Å². The summed E-state index contributed by atoms with van der Waals surface area (Å²) >= 11 is 0. The summed E-state index contributed by atoms with van der Waals surface area (Å²) < 4.78 is 2.42. The van der Waals surface area contributed by atoms with E-state index in [1.807, 2.05) is 24.7 Å². The lowest BCUT2D eigenvalue weighted by atomic mass is 9.90. The molecule has 1 aromatic heterocycles. The van der Waals surface area contributed by atoms with Crippen molar-refractivity contribution < 1.29 is 9.90 Å². The molecule has 1 saturated heterocycles. The van der Waals surface area contributed by atoms with Crippen LogP contribution in [0.15, 0.2) is 36.8 Å². The van der Waals surface area contributed by atoms with Crippen molar-refractivity contribution in [2.75, 3.05) is 13.1 Å². The maximum Gasteiger partial charge on any atom is 0.335 e. The topological polar surface area (TPSA) is 58.4 Å². The number of aromatic nitrogens is 2. The number of rotatable bonds is 5. The number of piperidine rings is 1. The fraction of sp³-hybridized carbons (Fsp3) is 0.545. The highest BCUT2D eigenvalue weighted by Gasteiger charge is 2.24. The van der Waals surface area contributed by atoms with Gasteiger partial charge in [-0.15, -0.1) is 0 Å². The van der Waals surface area contributed by atoms with Gasteiger partial charge in [-0.3, -0.25) is 4.90 Å². The molecule has 1 unspecified atom stereocenters. The molecule has 2 aromatic rings. The Hall–Kier alpha value is -2.14. The first-order valence-electron chi connectivity index (χ1n) is 10.3. The molecule has 1 saturated carbocycles. The van der Waals surface area contributed by atoms with E-state index in [9.17, 15) is 4.79 Å². The van der Waals surface area contributed by atoms with Gasteiger partial charge < -0.3 is 9.67 Å². The lowest BCUT2D eigenvalue weighted by Crippen LogP contribution is -2.34. The van der Waals surface area contributed by atoms with Crippen molar-refractivity contribution in [1.29, 1.82) is 0 Å². The van der Waals surface area contributed by atoms with E-state index in [1.165, 1.54) is 56.2 Å². The smallest absolute Gasteiger partial charge is 0.335 e. The van der Waals surface area contributed by atoms with E-state index in [0.29, 0.717) is 17.5 Å². The second-order valence-electron chi connectivity index (χ2n) is 8.09. The minimum absolute atomic E-state index is 0.364. The summed E-state index contributed by atoms with van der Waals surface area (Å²) in [7, 11) is 0. The van der Waals surface area contributed by atoms with Gasteiger partial charge in [-0.25, -0.2) is 9.78 Å². The van der Waals surface area contributed by atoms with Crippen LogP contribution in [-0.2, 0) is 6.54 Å². The number of carboxylic acid groups (broad SMARTS) is 1. The summed E-state index contributed by atoms with van der Waals surface area (Å²) in [4.78, 5) is 18.0. The molecule has 2 aliphatic rings. The normalized spacial score (nSPS) is 22.0. The van der Waals surface area contributed by atoms with Crippen molar-refractivity contribution in [3.05, 3.63) is 53.6 Å². The van der Waals surface area contributed by atoms with E-state index in [0.717, 1.165) is 19.6 Å². The number of nitrogens with zero attached hydrogens (tertiary/aromatic N) is 3. The van der Waals surface area contributed by atoms with Crippen LogP contribution in [0.4, 0.5) is 0 Å². The third kappa shape index (κ3) is 4.24. The number of hydrogen-bond donors (Lipinski definition) is 1. The third-order valence-electron chi connectivity index (χ3n) is 6.23. The molecule has 1 atom stereocenters. The molecule has 2 heterocycles. The molecule has 5 heteroatoms. The molecule has 4 rings (SSSR count). The highest BCUT2D eigenvalue weighted by atomic mass is 16.4. The monoisotopic (exact) mass is 367 g/mol. The highest BCUT2D eigenvalue weighted by Crippen LogP contribution is 2.31. The van der Waals surface area contributed by atoms with Crippen LogP contribution in [0.3, 0.4) is 0 Å². The number of likely N-dealkylation sites (tertiary alicyclic amines) is 1. The fourth-order valence-electron chi connectivity index (χ4n) is 4.74. The molecule has 0 bridgehead atoms. The van der Waals surface area contributed by atoms with Crippen LogP contribution >= 0.6 is 0 Å². The number of aromatic carboxylic acids is 1. The van der Waals surface area contributed by atoms with Crippen molar-refractivity contribution in [3.63, 3.8) is 0 Å². The number of hydrogen-bond acceptors (Lipinski definition) is 3. The standard InChI is InChI=1S/C22H29N3O2/c26-22(27)18-10-8-17(9-11-18)19-5-4-12-24(14-19)15-21-13-23-16-25(21)20-6-2-1-3-7-20/h8-11,13,16,19-20H,1-7,12,14-15H2,(H,26,27). The Morgan fingerprint density at radius 3 is 2.59 bits per heavy atom. The van der Waals surface area contributed by atoms with Crippen LogP contribution in [0.25, 0.3) is 0 Å². The first-order chi connectivity index (χ1) is 13.2. The summed E-state index contributed by atoms with van der Waals surface area (Å²) in [6, 6.07) is 8.07. The Kier molecular flexibility index (Phi) is 5.58. The van der Waals surface area contributed by atoms with Gasteiger partial charge in [0.05, 0.1) is 17.6 Å². The second kappa shape index (κ2) is 8.26. The zero-order chi connectivity index (χ0) is 18.6. The van der Waals surface area contributed by atoms with Crippen molar-refractivity contribution in [2.24, 2.45) is 0 Å². The van der Waals surface area contributed by atoms with Gasteiger partial charge in [-0.2, -0.15) is 0 Å². The molecule has 1 aliphatic heterocycles. The Morgan fingerprint density at radius 1 is 1.07 bits per heavy atom. The molecule has 27 heavy (non-hydrogen) atoms. The van der Waals surface area contributed by atoms with E-state index < -0.39 is 5.97 Å². The van der Waals surface area contributed by atoms with Gasteiger partial charge in [0.25, 0.3) is 0 Å². The first-order valence-corrected chi connectivity index (χ1v) is 10.3. The summed E-state index contributed by atoms with van der Waals surface area (Å²) in [5, 5.41) is 9.09. The third-order valence-corrected chi connectivity index (χ3v) is 6.23. The largest absolute Gasteiger partial charge is 0.478 e. The van der Waals surface area contributed by atoms with Crippen LogP contribution in [0.5, 0.6) is 0 Å². The van der Waals surface area contributed by atoms with Gasteiger partial charge in [-0.05, 0) is 55.8 Å². The number of carboxylic acids is 1. The predicted octanol–water partition coefficient (Wildman–Crippen LogP) is 4.47. The lowest BCUT2D eigenvalue weighted by Gasteiger charge is -2.34. The van der Waals surface area contributed by atoms with Gasteiger partial charge in [0.1, 0.15) is 0 Å². The summed E-state index contributed by atoms with van der Waals surface area (Å²) in [6.07, 6.45) is 13.0. The summed E-state index contributed by atoms with van der Waals surface area (Å²) in [5.74, 6) is -0.379. The maximum atomic E-state index is 11.1. The molecule has 2 fully saturated rings. The quantitative estimate of drug-likeness (QED) is 0.847. The molecule has 1 aliphatic carbocycles. The molecule has 1 N–H and O–H groups in total. The zero-order valence-electron chi connectivity index (χ0n) is 15.9. The van der Waals surface area contributed by atoms with Crippen LogP contribution in [0.1, 0.15) is 78.5 Å². The minimum atomic E-state index is -0.859. The molecule has 144 valence electrons.